The van der Waals surface area contributed by atoms with Crippen LogP contribution in [0.1, 0.15) is 40.5 Å². The van der Waals surface area contributed by atoms with Crippen LogP contribution >= 0.6 is 24.0 Å². The van der Waals surface area contributed by atoms with Gasteiger partial charge in [0.05, 0.1) is 19.8 Å². The molecule has 2 aliphatic heterocycles. The molecule has 8 heteroatoms. The predicted molar refractivity (Wildman–Crippen MR) is 138 cm³/mol. The maximum absolute atomic E-state index is 5.52. The Kier molecular flexibility index (Phi) is 15.3. The van der Waals surface area contributed by atoms with E-state index in [1.165, 1.54) is 52.1 Å². The van der Waals surface area contributed by atoms with Crippen molar-refractivity contribution in [1.82, 2.24) is 25.3 Å². The third kappa shape index (κ3) is 10.4. The van der Waals surface area contributed by atoms with Gasteiger partial charge in [0.1, 0.15) is 0 Å². The third-order valence-electron chi connectivity index (χ3n) is 6.17. The van der Waals surface area contributed by atoms with Gasteiger partial charge in [0.25, 0.3) is 0 Å². The molecule has 1 unspecified atom stereocenters. The fourth-order valence-corrected chi connectivity index (χ4v) is 4.18. The van der Waals surface area contributed by atoms with Gasteiger partial charge in [0.15, 0.2) is 5.96 Å². The van der Waals surface area contributed by atoms with E-state index < -0.39 is 0 Å². The maximum atomic E-state index is 5.52. The number of ether oxygens (including phenoxy) is 1. The van der Waals surface area contributed by atoms with Crippen LogP contribution in [0.15, 0.2) is 4.99 Å². The highest BCUT2D eigenvalue weighted by atomic mass is 127. The van der Waals surface area contributed by atoms with Crippen LogP contribution in [0.5, 0.6) is 0 Å². The number of aliphatic imine (C=N–C) groups is 1. The molecule has 7 nitrogen and oxygen atoms in total. The molecule has 0 saturated carbocycles. The van der Waals surface area contributed by atoms with Crippen molar-refractivity contribution in [2.45, 2.75) is 46.6 Å². The Morgan fingerprint density at radius 3 is 2.20 bits per heavy atom. The summed E-state index contributed by atoms with van der Waals surface area (Å²) >= 11 is 0. The van der Waals surface area contributed by atoms with Gasteiger partial charge in [-0.3, -0.25) is 9.89 Å². The number of rotatable bonds is 11. The second-order valence-electron chi connectivity index (χ2n) is 8.59. The van der Waals surface area contributed by atoms with Crippen molar-refractivity contribution in [3.05, 3.63) is 0 Å². The molecule has 2 rings (SSSR count). The zero-order valence-corrected chi connectivity index (χ0v) is 22.2. The highest BCUT2D eigenvalue weighted by Crippen LogP contribution is 2.13. The van der Waals surface area contributed by atoms with Crippen LogP contribution in [0.4, 0.5) is 0 Å². The molecule has 0 aromatic heterocycles. The van der Waals surface area contributed by atoms with Crippen molar-refractivity contribution < 1.29 is 4.74 Å². The van der Waals surface area contributed by atoms with Crippen LogP contribution in [0.2, 0.25) is 0 Å². The number of hydrogen-bond donors (Lipinski definition) is 2. The maximum Gasteiger partial charge on any atom is 0.191 e. The third-order valence-corrected chi connectivity index (χ3v) is 6.17. The lowest BCUT2D eigenvalue weighted by atomic mass is 10.0. The highest BCUT2D eigenvalue weighted by molar-refractivity contribution is 14.0. The first-order valence-corrected chi connectivity index (χ1v) is 11.9. The number of nitrogens with one attached hydrogen (secondary N) is 2. The summed E-state index contributed by atoms with van der Waals surface area (Å²) in [5, 5.41) is 6.95. The normalized spacial score (nSPS) is 20.8. The molecule has 2 aliphatic rings. The quantitative estimate of drug-likeness (QED) is 0.182. The number of likely N-dealkylation sites (N-methyl/N-ethyl adjacent to an activating group) is 1. The Hall–Kier alpha value is -0.160. The Morgan fingerprint density at radius 1 is 0.933 bits per heavy atom. The molecule has 2 saturated heterocycles. The van der Waals surface area contributed by atoms with E-state index >= 15 is 0 Å². The van der Waals surface area contributed by atoms with Gasteiger partial charge in [-0.1, -0.05) is 20.8 Å². The molecule has 0 aliphatic carbocycles. The van der Waals surface area contributed by atoms with Crippen LogP contribution in [0.3, 0.4) is 0 Å². The topological polar surface area (TPSA) is 55.4 Å². The average molecular weight is 539 g/mol. The fraction of sp³-hybridized carbons (Fsp3) is 0.955. The number of unbranched alkanes of at least 4 members (excludes halogenated alkanes) is 1. The van der Waals surface area contributed by atoms with E-state index in [1.54, 1.807) is 0 Å². The molecular formula is C22H47IN6O. The lowest BCUT2D eigenvalue weighted by Gasteiger charge is -2.36. The summed E-state index contributed by atoms with van der Waals surface area (Å²) in [6, 6.07) is 0.483. The average Bonchev–Trinajstić information content (AvgIpc) is 2.74. The molecule has 2 heterocycles. The van der Waals surface area contributed by atoms with Crippen molar-refractivity contribution in [2.75, 3.05) is 85.2 Å². The number of morpholine rings is 1. The molecule has 0 aromatic rings. The summed E-state index contributed by atoms with van der Waals surface area (Å²) in [6.07, 6.45) is 2.44. The van der Waals surface area contributed by atoms with Gasteiger partial charge in [0.2, 0.25) is 0 Å². The smallest absolute Gasteiger partial charge is 0.191 e. The number of nitrogens with zero attached hydrogens (tertiary/aromatic N) is 4. The zero-order valence-electron chi connectivity index (χ0n) is 19.9. The van der Waals surface area contributed by atoms with E-state index in [0.717, 1.165) is 51.9 Å². The second-order valence-corrected chi connectivity index (χ2v) is 8.59. The minimum absolute atomic E-state index is 0. The minimum Gasteiger partial charge on any atom is -0.379 e. The van der Waals surface area contributed by atoms with E-state index in [0.29, 0.717) is 12.0 Å². The molecular weight excluding hydrogens is 491 g/mol. The van der Waals surface area contributed by atoms with Gasteiger partial charge >= 0.3 is 0 Å². The zero-order chi connectivity index (χ0) is 20.9. The first-order chi connectivity index (χ1) is 14.1. The van der Waals surface area contributed by atoms with E-state index in [1.807, 2.05) is 0 Å². The van der Waals surface area contributed by atoms with Crippen LogP contribution in [-0.4, -0.2) is 112 Å². The molecule has 0 radical (unpaired) electrons. The number of guanidine groups is 1. The van der Waals surface area contributed by atoms with Crippen LogP contribution < -0.4 is 10.6 Å². The monoisotopic (exact) mass is 538 g/mol. The van der Waals surface area contributed by atoms with E-state index in [9.17, 15) is 0 Å². The minimum atomic E-state index is 0. The van der Waals surface area contributed by atoms with E-state index in [2.05, 4.69) is 53.0 Å². The summed E-state index contributed by atoms with van der Waals surface area (Å²) in [7, 11) is 0. The van der Waals surface area contributed by atoms with Crippen molar-refractivity contribution in [2.24, 2.45) is 10.9 Å². The van der Waals surface area contributed by atoms with Crippen LogP contribution in [0.25, 0.3) is 0 Å². The molecule has 178 valence electrons. The number of hydrogen-bond acceptors (Lipinski definition) is 5. The summed E-state index contributed by atoms with van der Waals surface area (Å²) in [5.41, 5.74) is 0. The highest BCUT2D eigenvalue weighted by Gasteiger charge is 2.23. The fourth-order valence-electron chi connectivity index (χ4n) is 4.18. The molecule has 0 spiro atoms. The summed E-state index contributed by atoms with van der Waals surface area (Å²) in [5.74, 6) is 1.55. The first kappa shape index (κ1) is 27.9. The Balaban J connectivity index is 0.00000450. The lowest BCUT2D eigenvalue weighted by Crippen LogP contribution is -2.48. The van der Waals surface area contributed by atoms with Gasteiger partial charge in [0, 0.05) is 58.4 Å². The van der Waals surface area contributed by atoms with Crippen molar-refractivity contribution in [3.63, 3.8) is 0 Å². The van der Waals surface area contributed by atoms with Gasteiger partial charge in [-0.15, -0.1) is 24.0 Å². The molecule has 0 aromatic carbocycles. The molecule has 2 N–H and O–H groups in total. The SMILES string of the molecule is CCNC(=NCC(C(C)C)N1CCOCC1)NCCCCN1CCN(CC)CC1.I. The van der Waals surface area contributed by atoms with Crippen molar-refractivity contribution in [1.29, 1.82) is 0 Å². The van der Waals surface area contributed by atoms with Gasteiger partial charge < -0.3 is 25.2 Å². The van der Waals surface area contributed by atoms with Gasteiger partial charge in [-0.2, -0.15) is 0 Å². The van der Waals surface area contributed by atoms with Crippen LogP contribution in [0, 0.1) is 5.92 Å². The molecule has 30 heavy (non-hydrogen) atoms. The van der Waals surface area contributed by atoms with Crippen molar-refractivity contribution >= 4 is 29.9 Å². The first-order valence-electron chi connectivity index (χ1n) is 11.9. The lowest BCUT2D eigenvalue weighted by molar-refractivity contribution is 0.00867. The molecule has 1 atom stereocenters. The molecule has 0 amide bonds. The Morgan fingerprint density at radius 2 is 1.60 bits per heavy atom. The molecule has 0 bridgehead atoms. The van der Waals surface area contributed by atoms with Gasteiger partial charge in [-0.25, -0.2) is 0 Å². The second kappa shape index (κ2) is 16.5. The van der Waals surface area contributed by atoms with Crippen molar-refractivity contribution in [3.8, 4) is 0 Å². The Labute approximate surface area is 202 Å². The summed E-state index contributed by atoms with van der Waals surface area (Å²) in [6.45, 7) is 22.8. The number of piperazine rings is 1. The standard InChI is InChI=1S/C22H46N6O.HI/c1-5-23-22(25-19-21(20(3)4)28-15-17-29-18-16-28)24-9-7-8-10-27-13-11-26(6-2)12-14-27;/h20-21H,5-19H2,1-4H3,(H2,23,24,25);1H. The van der Waals surface area contributed by atoms with E-state index in [4.69, 9.17) is 9.73 Å². The summed E-state index contributed by atoms with van der Waals surface area (Å²) < 4.78 is 5.52. The summed E-state index contributed by atoms with van der Waals surface area (Å²) in [4.78, 5) is 12.6. The van der Waals surface area contributed by atoms with Crippen LogP contribution in [-0.2, 0) is 4.74 Å². The largest absolute Gasteiger partial charge is 0.379 e. The van der Waals surface area contributed by atoms with Gasteiger partial charge in [-0.05, 0) is 38.8 Å². The Bertz CT molecular complexity index is 451. The van der Waals surface area contributed by atoms with E-state index in [-0.39, 0.29) is 24.0 Å². The number of halogens is 1. The predicted octanol–water partition coefficient (Wildman–Crippen LogP) is 1.93. The molecule has 2 fully saturated rings.